The van der Waals surface area contributed by atoms with Crippen LogP contribution in [-0.4, -0.2) is 29.9 Å². The molecular formula is C9H15N3O2S2. The molecule has 0 fully saturated rings. The fraction of sp³-hybridized carbons (Fsp3) is 0.556. The number of nitrogens with zero attached hydrogens (tertiary/aromatic N) is 1. The molecule has 0 aliphatic rings. The van der Waals surface area contributed by atoms with Gasteiger partial charge in [0, 0.05) is 18.2 Å². The van der Waals surface area contributed by atoms with Crippen LogP contribution in [0.25, 0.3) is 0 Å². The van der Waals surface area contributed by atoms with Crippen LogP contribution in [0.4, 0.5) is 4.79 Å². The van der Waals surface area contributed by atoms with Crippen LogP contribution in [0.15, 0.2) is 10.9 Å². The zero-order valence-corrected chi connectivity index (χ0v) is 10.9. The van der Waals surface area contributed by atoms with Crippen LogP contribution < -0.4 is 10.0 Å². The number of thiazole rings is 1. The highest BCUT2D eigenvalue weighted by Crippen LogP contribution is 2.07. The van der Waals surface area contributed by atoms with Gasteiger partial charge in [-0.25, -0.2) is 9.78 Å². The zero-order valence-electron chi connectivity index (χ0n) is 9.23. The van der Waals surface area contributed by atoms with Crippen molar-refractivity contribution in [2.75, 3.05) is 12.8 Å². The summed E-state index contributed by atoms with van der Waals surface area (Å²) >= 11 is 2.88. The average molecular weight is 261 g/mol. The monoisotopic (exact) mass is 261 g/mol. The van der Waals surface area contributed by atoms with Gasteiger partial charge in [-0.15, -0.1) is 11.3 Å². The Morgan fingerprint density at radius 1 is 1.75 bits per heavy atom. The summed E-state index contributed by atoms with van der Waals surface area (Å²) < 4.78 is 8.18. The molecule has 5 nitrogen and oxygen atoms in total. The second-order valence-corrected chi connectivity index (χ2v) is 4.64. The predicted octanol–water partition coefficient (Wildman–Crippen LogP) is 1.63. The Hall–Kier alpha value is -0.790. The van der Waals surface area contributed by atoms with Crippen LogP contribution in [-0.2, 0) is 11.3 Å². The van der Waals surface area contributed by atoms with Gasteiger partial charge in [0.1, 0.15) is 0 Å². The molecule has 2 amide bonds. The molecule has 1 aromatic heterocycles. The van der Waals surface area contributed by atoms with Crippen molar-refractivity contribution in [1.82, 2.24) is 15.0 Å². The molecule has 0 aromatic carbocycles. The number of nitrogens with one attached hydrogen (secondary N) is 2. The van der Waals surface area contributed by atoms with Crippen molar-refractivity contribution >= 4 is 29.3 Å². The van der Waals surface area contributed by atoms with Gasteiger partial charge in [0.2, 0.25) is 0 Å². The van der Waals surface area contributed by atoms with Gasteiger partial charge >= 0.3 is 6.03 Å². The number of rotatable bonds is 6. The Balaban J connectivity index is 2.07. The minimum absolute atomic E-state index is 0.0730. The standard InChI is InChI=1S/C9H15N3O2S2/c1-7(4-16-12-9(13)10-2)14-3-8-5-15-6-11-8/h5-7H,3-4H2,1-2H3,(H2,10,12,13). The van der Waals surface area contributed by atoms with E-state index < -0.39 is 0 Å². The zero-order chi connectivity index (χ0) is 11.8. The summed E-state index contributed by atoms with van der Waals surface area (Å²) in [6.07, 6.45) is 0.0730. The molecule has 0 bridgehead atoms. The third-order valence-corrected chi connectivity index (χ3v) is 3.31. The third kappa shape index (κ3) is 5.34. The maximum atomic E-state index is 10.8. The summed E-state index contributed by atoms with van der Waals surface area (Å²) in [5, 5.41) is 4.43. The third-order valence-electron chi connectivity index (χ3n) is 1.71. The van der Waals surface area contributed by atoms with Crippen molar-refractivity contribution in [2.24, 2.45) is 0 Å². The lowest BCUT2D eigenvalue weighted by molar-refractivity contribution is 0.0669. The smallest absolute Gasteiger partial charge is 0.324 e. The Morgan fingerprint density at radius 2 is 2.56 bits per heavy atom. The van der Waals surface area contributed by atoms with Gasteiger partial charge in [0.25, 0.3) is 0 Å². The second-order valence-electron chi connectivity index (χ2n) is 3.09. The molecule has 1 unspecified atom stereocenters. The number of aromatic nitrogens is 1. The van der Waals surface area contributed by atoms with E-state index >= 15 is 0 Å². The average Bonchev–Trinajstić information content (AvgIpc) is 2.79. The second kappa shape index (κ2) is 7.48. The van der Waals surface area contributed by atoms with E-state index in [1.807, 2.05) is 12.3 Å². The summed E-state index contributed by atoms with van der Waals surface area (Å²) in [6.45, 7) is 2.48. The summed E-state index contributed by atoms with van der Waals surface area (Å²) in [6, 6.07) is -0.197. The van der Waals surface area contributed by atoms with Crippen molar-refractivity contribution in [3.05, 3.63) is 16.6 Å². The number of urea groups is 1. The summed E-state index contributed by atoms with van der Waals surface area (Å²) in [4.78, 5) is 15.0. The van der Waals surface area contributed by atoms with Gasteiger partial charge in [-0.3, -0.25) is 4.72 Å². The fourth-order valence-electron chi connectivity index (χ4n) is 0.860. The van der Waals surface area contributed by atoms with Crippen molar-refractivity contribution in [2.45, 2.75) is 19.6 Å². The van der Waals surface area contributed by atoms with Crippen LogP contribution in [0.3, 0.4) is 0 Å². The number of hydrogen-bond acceptors (Lipinski definition) is 5. The minimum atomic E-state index is -0.197. The predicted molar refractivity (Wildman–Crippen MR) is 66.4 cm³/mol. The molecule has 0 aliphatic heterocycles. The van der Waals surface area contributed by atoms with E-state index in [4.69, 9.17) is 4.74 Å². The van der Waals surface area contributed by atoms with Crippen molar-refractivity contribution in [1.29, 1.82) is 0 Å². The molecule has 1 atom stereocenters. The number of amides is 2. The lowest BCUT2D eigenvalue weighted by Crippen LogP contribution is -2.29. The molecule has 1 rings (SSSR count). The van der Waals surface area contributed by atoms with Gasteiger partial charge in [0.15, 0.2) is 0 Å². The van der Waals surface area contributed by atoms with Gasteiger partial charge in [-0.2, -0.15) is 0 Å². The van der Waals surface area contributed by atoms with E-state index in [1.54, 1.807) is 23.9 Å². The van der Waals surface area contributed by atoms with Crippen molar-refractivity contribution in [3.8, 4) is 0 Å². The van der Waals surface area contributed by atoms with Gasteiger partial charge in [-0.1, -0.05) is 0 Å². The molecule has 7 heteroatoms. The molecule has 2 N–H and O–H groups in total. The highest BCUT2D eigenvalue weighted by Gasteiger charge is 2.05. The van der Waals surface area contributed by atoms with E-state index in [9.17, 15) is 4.79 Å². The van der Waals surface area contributed by atoms with Gasteiger partial charge in [0.05, 0.1) is 23.9 Å². The fourth-order valence-corrected chi connectivity index (χ4v) is 2.05. The number of carbonyl (C=O) groups is 1. The molecule has 0 aliphatic carbocycles. The molecule has 0 saturated carbocycles. The molecule has 0 saturated heterocycles. The topological polar surface area (TPSA) is 63.2 Å². The molecule has 16 heavy (non-hydrogen) atoms. The summed E-state index contributed by atoms with van der Waals surface area (Å²) in [5.74, 6) is 0.706. The van der Waals surface area contributed by atoms with Crippen molar-refractivity contribution < 1.29 is 9.53 Å². The van der Waals surface area contributed by atoms with Gasteiger partial charge < -0.3 is 10.1 Å². The van der Waals surface area contributed by atoms with Crippen LogP contribution in [0.1, 0.15) is 12.6 Å². The first-order chi connectivity index (χ1) is 7.72. The SMILES string of the molecule is CNC(=O)NSCC(C)OCc1cscn1. The number of ether oxygens (including phenoxy) is 1. The van der Waals surface area contributed by atoms with E-state index in [-0.39, 0.29) is 12.1 Å². The van der Waals surface area contributed by atoms with Crippen LogP contribution in [0, 0.1) is 0 Å². The van der Waals surface area contributed by atoms with E-state index in [1.165, 1.54) is 11.9 Å². The lowest BCUT2D eigenvalue weighted by atomic mass is 10.4. The molecule has 0 radical (unpaired) electrons. The molecular weight excluding hydrogens is 246 g/mol. The highest BCUT2D eigenvalue weighted by molar-refractivity contribution is 7.97. The van der Waals surface area contributed by atoms with Crippen LogP contribution >= 0.6 is 23.3 Å². The van der Waals surface area contributed by atoms with Crippen LogP contribution in [0.2, 0.25) is 0 Å². The Kier molecular flexibility index (Phi) is 6.20. The first-order valence-corrected chi connectivity index (χ1v) is 6.73. The maximum absolute atomic E-state index is 10.8. The maximum Gasteiger partial charge on any atom is 0.324 e. The minimum Gasteiger partial charge on any atom is -0.371 e. The Morgan fingerprint density at radius 3 is 3.19 bits per heavy atom. The summed E-state index contributed by atoms with van der Waals surface area (Å²) in [5.41, 5.74) is 2.73. The quantitative estimate of drug-likeness (QED) is 0.764. The molecule has 0 spiro atoms. The number of hydrogen-bond donors (Lipinski definition) is 2. The molecule has 1 heterocycles. The Labute approximate surface area is 103 Å². The lowest BCUT2D eigenvalue weighted by Gasteiger charge is -2.11. The van der Waals surface area contributed by atoms with Crippen molar-refractivity contribution in [3.63, 3.8) is 0 Å². The first-order valence-electron chi connectivity index (χ1n) is 4.80. The number of carbonyl (C=O) groups excluding carboxylic acids is 1. The summed E-state index contributed by atoms with van der Waals surface area (Å²) in [7, 11) is 1.58. The first kappa shape index (κ1) is 13.3. The largest absolute Gasteiger partial charge is 0.371 e. The van der Waals surface area contributed by atoms with Crippen LogP contribution in [0.5, 0.6) is 0 Å². The normalized spacial score (nSPS) is 12.1. The highest BCUT2D eigenvalue weighted by atomic mass is 32.2. The van der Waals surface area contributed by atoms with E-state index in [0.29, 0.717) is 12.4 Å². The van der Waals surface area contributed by atoms with E-state index in [2.05, 4.69) is 15.0 Å². The van der Waals surface area contributed by atoms with Gasteiger partial charge in [-0.05, 0) is 18.9 Å². The molecule has 1 aromatic rings. The molecule has 90 valence electrons. The Bertz CT molecular complexity index is 306. The van der Waals surface area contributed by atoms with E-state index in [0.717, 1.165) is 5.69 Å².